The van der Waals surface area contributed by atoms with Gasteiger partial charge in [-0.2, -0.15) is 0 Å². The average molecular weight is 395 g/mol. The third kappa shape index (κ3) is 4.65. The van der Waals surface area contributed by atoms with Crippen LogP contribution in [0.4, 0.5) is 0 Å². The molecule has 2 saturated heterocycles. The lowest BCUT2D eigenvalue weighted by Gasteiger charge is -2.45. The van der Waals surface area contributed by atoms with Crippen LogP contribution in [0.5, 0.6) is 0 Å². The van der Waals surface area contributed by atoms with Crippen LogP contribution in [0, 0.1) is 11.8 Å². The van der Waals surface area contributed by atoms with Gasteiger partial charge in [0, 0.05) is 37.2 Å². The van der Waals surface area contributed by atoms with Gasteiger partial charge >= 0.3 is 0 Å². The van der Waals surface area contributed by atoms with Crippen molar-refractivity contribution in [3.05, 3.63) is 0 Å². The highest BCUT2D eigenvalue weighted by Crippen LogP contribution is 2.45. The molecule has 27 heavy (non-hydrogen) atoms. The van der Waals surface area contributed by atoms with Gasteiger partial charge in [-0.3, -0.25) is 9.59 Å². The van der Waals surface area contributed by atoms with Crippen LogP contribution in [-0.2, 0) is 9.59 Å². The van der Waals surface area contributed by atoms with E-state index in [1.54, 1.807) is 0 Å². The molecule has 1 saturated carbocycles. The van der Waals surface area contributed by atoms with Crippen LogP contribution >= 0.6 is 11.8 Å². The molecule has 5 heteroatoms. The SMILES string of the molecule is CCCCC(CC)C(=O)N1CCC2(CC1)SCCN2C(=O)C1CCCCC1. The number of carbonyl (C=O) groups excluding carboxylic acids is 2. The van der Waals surface area contributed by atoms with Crippen molar-refractivity contribution in [2.75, 3.05) is 25.4 Å². The number of unbranched alkanes of at least 4 members (excludes halogenated alkanes) is 1. The molecule has 0 bridgehead atoms. The van der Waals surface area contributed by atoms with Crippen molar-refractivity contribution < 1.29 is 9.59 Å². The van der Waals surface area contributed by atoms with Gasteiger partial charge < -0.3 is 9.80 Å². The predicted molar refractivity (Wildman–Crippen MR) is 113 cm³/mol. The number of hydrogen-bond donors (Lipinski definition) is 0. The van der Waals surface area contributed by atoms with Crippen molar-refractivity contribution in [2.45, 2.75) is 89.3 Å². The summed E-state index contributed by atoms with van der Waals surface area (Å²) in [6.45, 7) is 6.88. The number of piperidine rings is 1. The number of nitrogens with zero attached hydrogens (tertiary/aromatic N) is 2. The molecule has 4 nitrogen and oxygen atoms in total. The van der Waals surface area contributed by atoms with Crippen molar-refractivity contribution in [1.29, 1.82) is 0 Å². The van der Waals surface area contributed by atoms with Gasteiger partial charge in [0.25, 0.3) is 0 Å². The van der Waals surface area contributed by atoms with Gasteiger partial charge in [-0.1, -0.05) is 46.0 Å². The molecule has 2 aliphatic heterocycles. The van der Waals surface area contributed by atoms with Gasteiger partial charge in [0.2, 0.25) is 11.8 Å². The van der Waals surface area contributed by atoms with Crippen molar-refractivity contribution in [1.82, 2.24) is 9.80 Å². The first-order chi connectivity index (χ1) is 13.1. The van der Waals surface area contributed by atoms with Crippen molar-refractivity contribution in [2.24, 2.45) is 11.8 Å². The van der Waals surface area contributed by atoms with Gasteiger partial charge in [-0.15, -0.1) is 11.8 Å². The highest BCUT2D eigenvalue weighted by atomic mass is 32.2. The van der Waals surface area contributed by atoms with Crippen LogP contribution in [0.15, 0.2) is 0 Å². The highest BCUT2D eigenvalue weighted by molar-refractivity contribution is 8.00. The standard InChI is InChI=1S/C22H38N2O2S/c1-3-5-9-18(4-2)20(25)23-14-12-22(13-15-23)24(16-17-27-22)21(26)19-10-7-6-8-11-19/h18-19H,3-17H2,1-2H3. The van der Waals surface area contributed by atoms with Crippen LogP contribution in [0.3, 0.4) is 0 Å². The second kappa shape index (κ2) is 9.67. The van der Waals surface area contributed by atoms with E-state index in [2.05, 4.69) is 23.6 Å². The van der Waals surface area contributed by atoms with Crippen LogP contribution in [0.25, 0.3) is 0 Å². The average Bonchev–Trinajstić information content (AvgIpc) is 3.12. The van der Waals surface area contributed by atoms with E-state index in [4.69, 9.17) is 0 Å². The van der Waals surface area contributed by atoms with E-state index in [-0.39, 0.29) is 16.7 Å². The molecule has 1 atom stereocenters. The largest absolute Gasteiger partial charge is 0.342 e. The lowest BCUT2D eigenvalue weighted by Crippen LogP contribution is -2.55. The summed E-state index contributed by atoms with van der Waals surface area (Å²) in [5.41, 5.74) is 0. The molecule has 0 N–H and O–H groups in total. The third-order valence-corrected chi connectivity index (χ3v) is 8.56. The summed E-state index contributed by atoms with van der Waals surface area (Å²) in [5.74, 6) is 2.27. The lowest BCUT2D eigenvalue weighted by atomic mass is 9.87. The zero-order valence-electron chi connectivity index (χ0n) is 17.4. The molecular formula is C22H38N2O2S. The lowest BCUT2D eigenvalue weighted by molar-refractivity contribution is -0.142. The van der Waals surface area contributed by atoms with Gasteiger partial charge in [0.15, 0.2) is 0 Å². The quantitative estimate of drug-likeness (QED) is 0.657. The predicted octanol–water partition coefficient (Wildman–Crippen LogP) is 4.68. The first kappa shape index (κ1) is 21.0. The third-order valence-electron chi connectivity index (χ3n) is 7.00. The minimum absolute atomic E-state index is 0.0313. The van der Waals surface area contributed by atoms with Crippen LogP contribution in [0.2, 0.25) is 0 Å². The summed E-state index contributed by atoms with van der Waals surface area (Å²) < 4.78 is 0. The summed E-state index contributed by atoms with van der Waals surface area (Å²) in [6, 6.07) is 0. The molecule has 2 heterocycles. The molecule has 1 aliphatic carbocycles. The van der Waals surface area contributed by atoms with E-state index < -0.39 is 0 Å². The second-order valence-corrected chi connectivity index (χ2v) is 10.1. The topological polar surface area (TPSA) is 40.6 Å². The molecule has 0 aromatic carbocycles. The Morgan fingerprint density at radius 3 is 2.41 bits per heavy atom. The normalized spacial score (nSPS) is 24.4. The summed E-state index contributed by atoms with van der Waals surface area (Å²) in [4.78, 5) is 30.4. The monoisotopic (exact) mass is 394 g/mol. The van der Waals surface area contributed by atoms with E-state index in [0.29, 0.717) is 11.8 Å². The van der Waals surface area contributed by atoms with E-state index in [1.807, 2.05) is 11.8 Å². The molecule has 154 valence electrons. The first-order valence-electron chi connectivity index (χ1n) is 11.4. The Bertz CT molecular complexity index is 510. The zero-order valence-corrected chi connectivity index (χ0v) is 18.2. The Morgan fingerprint density at radius 1 is 1.07 bits per heavy atom. The fourth-order valence-electron chi connectivity index (χ4n) is 5.19. The molecule has 0 aromatic rings. The molecule has 2 amide bonds. The summed E-state index contributed by atoms with van der Waals surface area (Å²) >= 11 is 1.97. The maximum absolute atomic E-state index is 13.2. The summed E-state index contributed by atoms with van der Waals surface area (Å²) in [7, 11) is 0. The van der Waals surface area contributed by atoms with E-state index in [0.717, 1.165) is 76.8 Å². The smallest absolute Gasteiger partial charge is 0.226 e. The second-order valence-electron chi connectivity index (χ2n) is 8.69. The van der Waals surface area contributed by atoms with Crippen LogP contribution in [-0.4, -0.2) is 51.9 Å². The van der Waals surface area contributed by atoms with Crippen molar-refractivity contribution in [3.8, 4) is 0 Å². The minimum atomic E-state index is -0.0313. The maximum atomic E-state index is 13.2. The number of likely N-dealkylation sites (tertiary alicyclic amines) is 1. The van der Waals surface area contributed by atoms with Crippen molar-refractivity contribution in [3.63, 3.8) is 0 Å². The number of carbonyl (C=O) groups is 2. The van der Waals surface area contributed by atoms with Gasteiger partial charge in [-0.05, 0) is 38.5 Å². The van der Waals surface area contributed by atoms with E-state index in [9.17, 15) is 9.59 Å². The fourth-order valence-corrected chi connectivity index (χ4v) is 6.65. The molecule has 1 unspecified atom stereocenters. The molecule has 1 spiro atoms. The van der Waals surface area contributed by atoms with Crippen molar-refractivity contribution >= 4 is 23.6 Å². The van der Waals surface area contributed by atoms with Crippen LogP contribution in [0.1, 0.15) is 84.5 Å². The Kier molecular flexibility index (Phi) is 7.52. The van der Waals surface area contributed by atoms with E-state index in [1.165, 1.54) is 19.3 Å². The number of thioether (sulfide) groups is 1. The van der Waals surface area contributed by atoms with Crippen LogP contribution < -0.4 is 0 Å². The Balaban J connectivity index is 1.59. The number of rotatable bonds is 6. The molecule has 0 radical (unpaired) electrons. The van der Waals surface area contributed by atoms with Gasteiger partial charge in [0.05, 0.1) is 4.87 Å². The Hall–Kier alpha value is -0.710. The molecule has 3 fully saturated rings. The Morgan fingerprint density at radius 2 is 1.78 bits per heavy atom. The fraction of sp³-hybridized carbons (Fsp3) is 0.909. The zero-order chi connectivity index (χ0) is 19.3. The highest BCUT2D eigenvalue weighted by Gasteiger charge is 2.48. The Labute approximate surface area is 169 Å². The maximum Gasteiger partial charge on any atom is 0.226 e. The molecule has 3 rings (SSSR count). The summed E-state index contributed by atoms with van der Waals surface area (Å²) in [5, 5.41) is 0. The van der Waals surface area contributed by atoms with E-state index >= 15 is 0 Å². The molecule has 3 aliphatic rings. The minimum Gasteiger partial charge on any atom is -0.342 e. The van der Waals surface area contributed by atoms with Gasteiger partial charge in [-0.25, -0.2) is 0 Å². The van der Waals surface area contributed by atoms with Gasteiger partial charge in [0.1, 0.15) is 0 Å². The number of amides is 2. The molecular weight excluding hydrogens is 356 g/mol. The number of hydrogen-bond acceptors (Lipinski definition) is 3. The summed E-state index contributed by atoms with van der Waals surface area (Å²) in [6.07, 6.45) is 12.0. The molecule has 0 aromatic heterocycles. The first-order valence-corrected chi connectivity index (χ1v) is 12.3.